The lowest BCUT2D eigenvalue weighted by molar-refractivity contribution is 0.189. The summed E-state index contributed by atoms with van der Waals surface area (Å²) in [6, 6.07) is 2.25. The molecule has 0 atom stereocenters. The molecule has 2 aliphatic rings. The molecular weight excluding hydrogens is 288 g/mol. The first-order valence-corrected chi connectivity index (χ1v) is 8.42. The molecule has 1 fully saturated rings. The Labute approximate surface area is 127 Å². The first kappa shape index (κ1) is 12.7. The summed E-state index contributed by atoms with van der Waals surface area (Å²) in [7, 11) is 2.05. The third-order valence-electron chi connectivity index (χ3n) is 4.24. The smallest absolute Gasteiger partial charge is 0.198 e. The molecule has 0 N–H and O–H groups in total. The number of rotatable bonds is 3. The summed E-state index contributed by atoms with van der Waals surface area (Å²) in [5, 5.41) is 6.95. The molecule has 0 unspecified atom stereocenters. The molecule has 0 saturated heterocycles. The Morgan fingerprint density at radius 3 is 3.10 bits per heavy atom. The van der Waals surface area contributed by atoms with E-state index < -0.39 is 0 Å². The van der Waals surface area contributed by atoms with E-state index in [0.29, 0.717) is 5.92 Å². The van der Waals surface area contributed by atoms with Crippen LogP contribution in [0.3, 0.4) is 0 Å². The summed E-state index contributed by atoms with van der Waals surface area (Å²) in [5.74, 6) is 1.82. The van der Waals surface area contributed by atoms with Crippen LogP contribution in [0.2, 0.25) is 0 Å². The van der Waals surface area contributed by atoms with E-state index in [9.17, 15) is 0 Å². The molecule has 3 heterocycles. The van der Waals surface area contributed by atoms with Crippen LogP contribution in [-0.2, 0) is 26.7 Å². The summed E-state index contributed by atoms with van der Waals surface area (Å²) < 4.78 is 4.94. The van der Waals surface area contributed by atoms with Crippen LogP contribution in [0.15, 0.2) is 11.4 Å². The van der Waals surface area contributed by atoms with Gasteiger partial charge in [-0.05, 0) is 48.5 Å². The lowest BCUT2D eigenvalue weighted by Crippen LogP contribution is -2.32. The van der Waals surface area contributed by atoms with Gasteiger partial charge >= 0.3 is 0 Å². The molecular formula is C14H18N4S2. The highest BCUT2D eigenvalue weighted by Gasteiger charge is 2.29. The van der Waals surface area contributed by atoms with Crippen molar-refractivity contribution in [3.63, 3.8) is 0 Å². The minimum Gasteiger partial charge on any atom is -0.307 e. The van der Waals surface area contributed by atoms with E-state index in [1.165, 1.54) is 24.2 Å². The number of hydrogen-bond acceptors (Lipinski definition) is 4. The van der Waals surface area contributed by atoms with Crippen LogP contribution in [0.4, 0.5) is 0 Å². The second-order valence-corrected chi connectivity index (χ2v) is 7.15. The maximum Gasteiger partial charge on any atom is 0.198 e. The standard InChI is InChI=1S/C14H18N4S2/c1-16-13(10-2-3-10)15-18(14(16)19)9-17-6-4-12-11(8-17)5-7-20-12/h5,7,10H,2-4,6,8-9H2,1H3. The van der Waals surface area contributed by atoms with Crippen molar-refractivity contribution >= 4 is 23.6 Å². The second kappa shape index (κ2) is 4.79. The SMILES string of the molecule is Cn1c(C2CC2)nn(CN2CCc3sccc3C2)c1=S. The predicted molar refractivity (Wildman–Crippen MR) is 82.4 cm³/mol. The largest absolute Gasteiger partial charge is 0.307 e. The lowest BCUT2D eigenvalue weighted by atomic mass is 10.1. The minimum atomic E-state index is 0.646. The molecule has 1 aliphatic heterocycles. The van der Waals surface area contributed by atoms with Crippen molar-refractivity contribution in [2.45, 2.75) is 38.4 Å². The van der Waals surface area contributed by atoms with Crippen molar-refractivity contribution in [1.82, 2.24) is 19.2 Å². The van der Waals surface area contributed by atoms with Gasteiger partial charge in [-0.15, -0.1) is 11.3 Å². The normalized spacial score (nSPS) is 19.2. The molecule has 0 radical (unpaired) electrons. The van der Waals surface area contributed by atoms with Crippen molar-refractivity contribution in [3.05, 3.63) is 32.5 Å². The van der Waals surface area contributed by atoms with E-state index in [2.05, 4.69) is 20.9 Å². The predicted octanol–water partition coefficient (Wildman–Crippen LogP) is 2.91. The van der Waals surface area contributed by atoms with Gasteiger partial charge in [-0.1, -0.05) is 0 Å². The van der Waals surface area contributed by atoms with Gasteiger partial charge in [-0.2, -0.15) is 5.10 Å². The summed E-state index contributed by atoms with van der Waals surface area (Å²) in [4.78, 5) is 3.98. The average molecular weight is 306 g/mol. The van der Waals surface area contributed by atoms with Crippen LogP contribution in [-0.4, -0.2) is 25.8 Å². The Morgan fingerprint density at radius 2 is 2.30 bits per heavy atom. The molecule has 20 heavy (non-hydrogen) atoms. The van der Waals surface area contributed by atoms with Crippen LogP contribution >= 0.6 is 23.6 Å². The van der Waals surface area contributed by atoms with Crippen molar-refractivity contribution < 1.29 is 0 Å². The zero-order valence-electron chi connectivity index (χ0n) is 11.6. The number of fused-ring (bicyclic) bond motifs is 1. The Kier molecular flexibility index (Phi) is 3.05. The van der Waals surface area contributed by atoms with Gasteiger partial charge in [-0.25, -0.2) is 4.68 Å². The van der Waals surface area contributed by atoms with Gasteiger partial charge in [0.2, 0.25) is 0 Å². The van der Waals surface area contributed by atoms with E-state index in [1.807, 2.05) is 23.1 Å². The van der Waals surface area contributed by atoms with Gasteiger partial charge in [0.05, 0.1) is 6.67 Å². The van der Waals surface area contributed by atoms with Gasteiger partial charge in [-0.3, -0.25) is 4.90 Å². The number of nitrogens with zero attached hydrogens (tertiary/aromatic N) is 4. The van der Waals surface area contributed by atoms with Crippen molar-refractivity contribution in [2.75, 3.05) is 6.54 Å². The van der Waals surface area contributed by atoms with E-state index in [1.54, 1.807) is 4.88 Å². The summed E-state index contributed by atoms with van der Waals surface area (Å²) >= 11 is 7.41. The Morgan fingerprint density at radius 1 is 1.45 bits per heavy atom. The van der Waals surface area contributed by atoms with Crippen LogP contribution < -0.4 is 0 Å². The van der Waals surface area contributed by atoms with Crippen molar-refractivity contribution in [1.29, 1.82) is 0 Å². The van der Waals surface area contributed by atoms with Crippen LogP contribution in [0.1, 0.15) is 35.0 Å². The van der Waals surface area contributed by atoms with Gasteiger partial charge in [0.15, 0.2) is 4.77 Å². The van der Waals surface area contributed by atoms with E-state index in [-0.39, 0.29) is 0 Å². The quantitative estimate of drug-likeness (QED) is 0.816. The fraction of sp³-hybridized carbons (Fsp3) is 0.571. The maximum atomic E-state index is 5.53. The third-order valence-corrected chi connectivity index (χ3v) is 5.75. The number of hydrogen-bond donors (Lipinski definition) is 0. The van der Waals surface area contributed by atoms with Gasteiger partial charge in [0.1, 0.15) is 5.82 Å². The van der Waals surface area contributed by atoms with Gasteiger partial charge in [0, 0.05) is 30.9 Å². The summed E-state index contributed by atoms with van der Waals surface area (Å²) in [5.41, 5.74) is 1.48. The Balaban J connectivity index is 1.55. The molecule has 4 nitrogen and oxygen atoms in total. The van der Waals surface area contributed by atoms with Gasteiger partial charge in [0.25, 0.3) is 0 Å². The Bertz CT molecular complexity index is 692. The highest BCUT2D eigenvalue weighted by molar-refractivity contribution is 7.71. The summed E-state index contributed by atoms with van der Waals surface area (Å²) in [6.45, 7) is 2.94. The fourth-order valence-corrected chi connectivity index (χ4v) is 3.99. The highest BCUT2D eigenvalue weighted by Crippen LogP contribution is 2.38. The molecule has 0 spiro atoms. The number of aromatic nitrogens is 3. The molecule has 0 aromatic carbocycles. The topological polar surface area (TPSA) is 26.0 Å². The zero-order valence-corrected chi connectivity index (χ0v) is 13.2. The zero-order chi connectivity index (χ0) is 13.7. The van der Waals surface area contributed by atoms with Crippen molar-refractivity contribution in [2.24, 2.45) is 7.05 Å². The fourth-order valence-electron chi connectivity index (χ4n) is 2.91. The third kappa shape index (κ3) is 2.16. The Hall–Kier alpha value is -0.980. The first-order valence-electron chi connectivity index (χ1n) is 7.13. The van der Waals surface area contributed by atoms with Gasteiger partial charge < -0.3 is 4.57 Å². The molecule has 1 saturated carbocycles. The summed E-state index contributed by atoms with van der Waals surface area (Å²) in [6.07, 6.45) is 3.69. The first-order chi connectivity index (χ1) is 9.72. The molecule has 0 amide bonds. The molecule has 2 aromatic heterocycles. The molecule has 1 aliphatic carbocycles. The van der Waals surface area contributed by atoms with Crippen LogP contribution in [0.25, 0.3) is 0 Å². The molecule has 2 aromatic rings. The van der Waals surface area contributed by atoms with E-state index >= 15 is 0 Å². The highest BCUT2D eigenvalue weighted by atomic mass is 32.1. The van der Waals surface area contributed by atoms with Crippen molar-refractivity contribution in [3.8, 4) is 0 Å². The second-order valence-electron chi connectivity index (χ2n) is 5.79. The molecule has 0 bridgehead atoms. The van der Waals surface area contributed by atoms with E-state index in [4.69, 9.17) is 17.3 Å². The maximum absolute atomic E-state index is 5.53. The van der Waals surface area contributed by atoms with Crippen LogP contribution in [0, 0.1) is 4.77 Å². The van der Waals surface area contributed by atoms with Crippen LogP contribution in [0.5, 0.6) is 0 Å². The number of thiophene rings is 1. The van der Waals surface area contributed by atoms with E-state index in [0.717, 1.165) is 31.0 Å². The monoisotopic (exact) mass is 306 g/mol. The average Bonchev–Trinajstić information content (AvgIpc) is 3.12. The lowest BCUT2D eigenvalue weighted by Gasteiger charge is -2.26. The molecule has 106 valence electrons. The minimum absolute atomic E-state index is 0.646. The molecule has 4 rings (SSSR count). The molecule has 6 heteroatoms.